The molecule has 3 rings (SSSR count). The van der Waals surface area contributed by atoms with Crippen LogP contribution in [0.4, 0.5) is 5.82 Å². The highest BCUT2D eigenvalue weighted by atomic mass is 35.5. The van der Waals surface area contributed by atoms with Crippen LogP contribution in [-0.2, 0) is 11.5 Å². The van der Waals surface area contributed by atoms with E-state index in [1.165, 1.54) is 0 Å². The van der Waals surface area contributed by atoms with Gasteiger partial charge in [-0.1, -0.05) is 29.3 Å². The molecule has 0 atom stereocenters. The number of hydrogen-bond acceptors (Lipinski definition) is 5. The van der Waals surface area contributed by atoms with Crippen LogP contribution in [-0.4, -0.2) is 9.97 Å². The number of nitrogen functional groups attached to an aromatic ring is 1. The zero-order valence-corrected chi connectivity index (χ0v) is 12.1. The van der Waals surface area contributed by atoms with Crippen LogP contribution < -0.4 is 11.3 Å². The minimum absolute atomic E-state index is 0.456. The Morgan fingerprint density at radius 3 is 2.84 bits per heavy atom. The van der Waals surface area contributed by atoms with E-state index in [0.29, 0.717) is 27.3 Å². The quantitative estimate of drug-likeness (QED) is 0.656. The summed E-state index contributed by atoms with van der Waals surface area (Å²) in [6.45, 7) is 0. The minimum atomic E-state index is 0.456. The van der Waals surface area contributed by atoms with E-state index in [-0.39, 0.29) is 0 Å². The molecule has 0 aliphatic carbocycles. The van der Waals surface area contributed by atoms with E-state index in [9.17, 15) is 0 Å². The predicted octanol–water partition coefficient (Wildman–Crippen LogP) is 3.48. The Hall–Kier alpha value is -1.01. The predicted molar refractivity (Wildman–Crippen MR) is 80.3 cm³/mol. The first-order valence-electron chi connectivity index (χ1n) is 5.59. The van der Waals surface area contributed by atoms with E-state index in [2.05, 4.69) is 15.4 Å². The minimum Gasteiger partial charge on any atom is -0.308 e. The van der Waals surface area contributed by atoms with Gasteiger partial charge in [0.15, 0.2) is 5.82 Å². The number of hydrogen-bond donors (Lipinski definition) is 2. The molecule has 2 heterocycles. The van der Waals surface area contributed by atoms with Gasteiger partial charge in [-0.15, -0.1) is 0 Å². The lowest BCUT2D eigenvalue weighted by Gasteiger charge is -2.10. The molecule has 0 bridgehead atoms. The fraction of sp³-hybridized carbons (Fsp3) is 0.167. The third-order valence-electron chi connectivity index (χ3n) is 2.91. The van der Waals surface area contributed by atoms with Crippen molar-refractivity contribution in [3.63, 3.8) is 0 Å². The molecule has 0 unspecified atom stereocenters. The molecule has 3 N–H and O–H groups in total. The average Bonchev–Trinajstić information content (AvgIpc) is 2.89. The Labute approximate surface area is 124 Å². The molecule has 98 valence electrons. The Balaban J connectivity index is 2.18. The van der Waals surface area contributed by atoms with Crippen LogP contribution in [0.15, 0.2) is 18.2 Å². The van der Waals surface area contributed by atoms with Crippen molar-refractivity contribution in [3.05, 3.63) is 39.5 Å². The van der Waals surface area contributed by atoms with Gasteiger partial charge in [0.05, 0.1) is 15.7 Å². The lowest BCUT2D eigenvalue weighted by Crippen LogP contribution is -2.12. The maximum absolute atomic E-state index is 6.21. The zero-order chi connectivity index (χ0) is 13.4. The number of rotatable bonds is 2. The van der Waals surface area contributed by atoms with Crippen LogP contribution >= 0.6 is 35.0 Å². The first kappa shape index (κ1) is 13.0. The molecule has 0 saturated carbocycles. The maximum Gasteiger partial charge on any atom is 0.163 e. The molecule has 4 nitrogen and oxygen atoms in total. The molecule has 1 aromatic heterocycles. The number of halogens is 2. The monoisotopic (exact) mass is 312 g/mol. The molecule has 1 aliphatic rings. The summed E-state index contributed by atoms with van der Waals surface area (Å²) in [4.78, 5) is 8.99. The summed E-state index contributed by atoms with van der Waals surface area (Å²) in [5.41, 5.74) is 5.41. The van der Waals surface area contributed by atoms with E-state index < -0.39 is 0 Å². The van der Waals surface area contributed by atoms with Crippen molar-refractivity contribution in [2.24, 2.45) is 5.84 Å². The second-order valence-electron chi connectivity index (χ2n) is 4.06. The largest absolute Gasteiger partial charge is 0.308 e. The van der Waals surface area contributed by atoms with E-state index in [4.69, 9.17) is 29.0 Å². The number of fused-ring (bicyclic) bond motifs is 1. The van der Waals surface area contributed by atoms with E-state index >= 15 is 0 Å². The van der Waals surface area contributed by atoms with Gasteiger partial charge in [-0.25, -0.2) is 15.8 Å². The number of anilines is 1. The molecule has 0 saturated heterocycles. The number of aromatic nitrogens is 2. The van der Waals surface area contributed by atoms with Gasteiger partial charge < -0.3 is 5.43 Å². The second-order valence-corrected chi connectivity index (χ2v) is 5.83. The van der Waals surface area contributed by atoms with E-state index in [0.717, 1.165) is 22.8 Å². The molecule has 19 heavy (non-hydrogen) atoms. The highest BCUT2D eigenvalue weighted by Crippen LogP contribution is 2.37. The van der Waals surface area contributed by atoms with Gasteiger partial charge in [0.1, 0.15) is 5.82 Å². The van der Waals surface area contributed by atoms with Gasteiger partial charge >= 0.3 is 0 Å². The third-order valence-corrected chi connectivity index (χ3v) is 4.70. The van der Waals surface area contributed by atoms with Gasteiger partial charge in [0, 0.05) is 22.6 Å². The second kappa shape index (κ2) is 5.17. The van der Waals surface area contributed by atoms with Gasteiger partial charge in [-0.3, -0.25) is 0 Å². The smallest absolute Gasteiger partial charge is 0.163 e. The van der Waals surface area contributed by atoms with E-state index in [1.54, 1.807) is 17.8 Å². The van der Waals surface area contributed by atoms with Gasteiger partial charge in [-0.05, 0) is 12.1 Å². The Morgan fingerprint density at radius 1 is 1.21 bits per heavy atom. The number of thioether (sulfide) groups is 1. The molecule has 0 radical (unpaired) electrons. The highest BCUT2D eigenvalue weighted by molar-refractivity contribution is 7.98. The molecule has 1 aromatic carbocycles. The maximum atomic E-state index is 6.21. The van der Waals surface area contributed by atoms with Crippen molar-refractivity contribution >= 4 is 40.8 Å². The number of benzene rings is 1. The fourth-order valence-corrected chi connectivity index (χ4v) is 3.39. The normalized spacial score (nSPS) is 13.4. The topological polar surface area (TPSA) is 63.8 Å². The highest BCUT2D eigenvalue weighted by Gasteiger charge is 2.21. The van der Waals surface area contributed by atoms with Crippen molar-refractivity contribution in [2.75, 3.05) is 5.43 Å². The van der Waals surface area contributed by atoms with Crippen molar-refractivity contribution < 1.29 is 0 Å². The fourth-order valence-electron chi connectivity index (χ4n) is 1.97. The number of nitrogens with one attached hydrogen (secondary N) is 1. The number of nitrogens with two attached hydrogens (primary N) is 1. The van der Waals surface area contributed by atoms with Crippen molar-refractivity contribution in [1.82, 2.24) is 9.97 Å². The van der Waals surface area contributed by atoms with Crippen LogP contribution in [0.2, 0.25) is 10.0 Å². The van der Waals surface area contributed by atoms with Crippen LogP contribution in [0.5, 0.6) is 0 Å². The molecule has 0 spiro atoms. The summed E-state index contributed by atoms with van der Waals surface area (Å²) < 4.78 is 0. The molecule has 0 fully saturated rings. The Kier molecular flexibility index (Phi) is 3.54. The summed E-state index contributed by atoms with van der Waals surface area (Å²) >= 11 is 14.0. The summed E-state index contributed by atoms with van der Waals surface area (Å²) in [5, 5.41) is 0.942. The molecule has 0 amide bonds. The van der Waals surface area contributed by atoms with Crippen LogP contribution in [0.1, 0.15) is 11.3 Å². The number of nitrogens with zero attached hydrogens (tertiary/aromatic N) is 2. The van der Waals surface area contributed by atoms with Crippen LogP contribution in [0.3, 0.4) is 0 Å². The standard InChI is InChI=1S/C12H10Cl2N4S/c13-8-3-1-2-6(10(8)14)11-16-9-5-19-4-7(9)12(17-11)18-15/h1-3H,4-5,15H2,(H,16,17,18). The van der Waals surface area contributed by atoms with Crippen molar-refractivity contribution in [1.29, 1.82) is 0 Å². The summed E-state index contributed by atoms with van der Waals surface area (Å²) in [6, 6.07) is 5.40. The van der Waals surface area contributed by atoms with Gasteiger partial charge in [-0.2, -0.15) is 11.8 Å². The summed E-state index contributed by atoms with van der Waals surface area (Å²) in [5.74, 6) is 8.46. The lowest BCUT2D eigenvalue weighted by molar-refractivity contribution is 1.06. The first-order valence-corrected chi connectivity index (χ1v) is 7.50. The SMILES string of the molecule is NNc1nc(-c2cccc(Cl)c2Cl)nc2c1CSC2. The van der Waals surface area contributed by atoms with Crippen LogP contribution in [0, 0.1) is 0 Å². The Bertz CT molecular complexity index is 648. The third kappa shape index (κ3) is 2.27. The van der Waals surface area contributed by atoms with Crippen LogP contribution in [0.25, 0.3) is 11.4 Å². The van der Waals surface area contributed by atoms with Crippen molar-refractivity contribution in [2.45, 2.75) is 11.5 Å². The van der Waals surface area contributed by atoms with Gasteiger partial charge in [0.25, 0.3) is 0 Å². The lowest BCUT2D eigenvalue weighted by atomic mass is 10.2. The average molecular weight is 313 g/mol. The van der Waals surface area contributed by atoms with Gasteiger partial charge in [0.2, 0.25) is 0 Å². The number of hydrazine groups is 1. The van der Waals surface area contributed by atoms with E-state index in [1.807, 2.05) is 12.1 Å². The molecule has 7 heteroatoms. The molecular formula is C12H10Cl2N4S. The summed E-state index contributed by atoms with van der Waals surface area (Å²) in [6.07, 6.45) is 0. The molecule has 2 aromatic rings. The summed E-state index contributed by atoms with van der Waals surface area (Å²) in [7, 11) is 0. The molecule has 1 aliphatic heterocycles. The van der Waals surface area contributed by atoms with Crippen molar-refractivity contribution in [3.8, 4) is 11.4 Å². The zero-order valence-electron chi connectivity index (χ0n) is 9.78. The Morgan fingerprint density at radius 2 is 2.05 bits per heavy atom. The molecular weight excluding hydrogens is 303 g/mol. The first-order chi connectivity index (χ1) is 9.20.